The average molecular weight is 290 g/mol. The number of ether oxygens (including phenoxy) is 2. The Hall–Kier alpha value is -1.17. The molecule has 1 rings (SSSR count). The van der Waals surface area contributed by atoms with Crippen molar-refractivity contribution >= 4 is 17.3 Å². The van der Waals surface area contributed by atoms with Crippen molar-refractivity contribution in [3.8, 4) is 11.5 Å². The summed E-state index contributed by atoms with van der Waals surface area (Å²) in [5, 5.41) is 22.1. The minimum absolute atomic E-state index is 0.121. The second kappa shape index (κ2) is 6.84. The molecule has 0 heterocycles. The van der Waals surface area contributed by atoms with Gasteiger partial charge in [-0.25, -0.2) is 0 Å². The number of aliphatic hydroxyl groups is 2. The summed E-state index contributed by atoms with van der Waals surface area (Å²) < 4.78 is 10.4. The molecule has 0 atom stereocenters. The average Bonchev–Trinajstić information content (AvgIpc) is 2.45. The quantitative estimate of drug-likeness (QED) is 0.713. The first kappa shape index (κ1) is 15.9. The van der Waals surface area contributed by atoms with Crippen LogP contribution in [0.5, 0.6) is 11.5 Å². The van der Waals surface area contributed by atoms with Gasteiger partial charge in [-0.1, -0.05) is 18.5 Å². The van der Waals surface area contributed by atoms with E-state index in [1.165, 1.54) is 7.11 Å². The molecule has 0 aliphatic rings. The van der Waals surface area contributed by atoms with Crippen LogP contribution >= 0.6 is 11.6 Å². The maximum Gasteiger partial charge on any atom is 0.143 e. The Kier molecular flexibility index (Phi) is 5.72. The van der Waals surface area contributed by atoms with E-state index in [0.717, 1.165) is 0 Å². The molecule has 1 aromatic rings. The Morgan fingerprint density at radius 1 is 1.16 bits per heavy atom. The Balaban J connectivity index is 2.93. The highest BCUT2D eigenvalue weighted by Crippen LogP contribution is 2.36. The van der Waals surface area contributed by atoms with Gasteiger partial charge in [-0.3, -0.25) is 0 Å². The fourth-order valence-electron chi connectivity index (χ4n) is 1.47. The van der Waals surface area contributed by atoms with Crippen LogP contribution in [0.3, 0.4) is 0 Å². The Bertz CT molecular complexity index is 421. The molecule has 0 unspecified atom stereocenters. The van der Waals surface area contributed by atoms with Gasteiger partial charge in [0.1, 0.15) is 11.5 Å². The lowest BCUT2D eigenvalue weighted by molar-refractivity contribution is 0.0806. The van der Waals surface area contributed by atoms with Gasteiger partial charge in [0, 0.05) is 24.1 Å². The third-order valence-corrected chi connectivity index (χ3v) is 3.24. The van der Waals surface area contributed by atoms with Crippen LogP contribution in [-0.4, -0.2) is 44.2 Å². The topological polar surface area (TPSA) is 71.0 Å². The maximum atomic E-state index is 9.26. The summed E-state index contributed by atoms with van der Waals surface area (Å²) in [5.74, 6) is 1.10. The van der Waals surface area contributed by atoms with E-state index in [4.69, 9.17) is 21.1 Å². The van der Waals surface area contributed by atoms with Gasteiger partial charge in [0.15, 0.2) is 0 Å². The van der Waals surface area contributed by atoms with Gasteiger partial charge in [0.05, 0.1) is 38.1 Å². The smallest absolute Gasteiger partial charge is 0.143 e. The molecule has 108 valence electrons. The highest BCUT2D eigenvalue weighted by molar-refractivity contribution is 6.32. The molecule has 0 bridgehead atoms. The van der Waals surface area contributed by atoms with Crippen LogP contribution in [0.15, 0.2) is 12.1 Å². The highest BCUT2D eigenvalue weighted by Gasteiger charge is 2.23. The summed E-state index contributed by atoms with van der Waals surface area (Å²) in [6, 6.07) is 3.37. The van der Waals surface area contributed by atoms with Crippen molar-refractivity contribution in [2.45, 2.75) is 6.92 Å². The van der Waals surface area contributed by atoms with Crippen molar-refractivity contribution < 1.29 is 19.7 Å². The lowest BCUT2D eigenvalue weighted by Crippen LogP contribution is -2.34. The summed E-state index contributed by atoms with van der Waals surface area (Å²) in [6.45, 7) is 1.92. The zero-order valence-corrected chi connectivity index (χ0v) is 12.1. The Morgan fingerprint density at radius 3 is 2.21 bits per heavy atom. The minimum atomic E-state index is -0.613. The number of benzene rings is 1. The lowest BCUT2D eigenvalue weighted by atomic mass is 9.93. The number of methoxy groups -OCH3 is 2. The van der Waals surface area contributed by atoms with E-state index in [0.29, 0.717) is 28.8 Å². The SMILES string of the molecule is COc1cc(NCC(C)(CO)CO)c(OC)cc1Cl. The molecule has 1 aromatic carbocycles. The van der Waals surface area contributed by atoms with Gasteiger partial charge in [-0.05, 0) is 0 Å². The van der Waals surface area contributed by atoms with E-state index in [1.54, 1.807) is 26.2 Å². The first-order chi connectivity index (χ1) is 8.99. The van der Waals surface area contributed by atoms with Crippen molar-refractivity contribution in [3.05, 3.63) is 17.2 Å². The molecule has 0 amide bonds. The standard InChI is InChI=1S/C13H20ClNO4/c1-13(7-16,8-17)6-15-10-5-11(18-2)9(14)4-12(10)19-3/h4-5,15-17H,6-8H2,1-3H3. The normalized spacial score (nSPS) is 11.3. The molecule has 0 fully saturated rings. The van der Waals surface area contributed by atoms with Crippen molar-refractivity contribution in [1.82, 2.24) is 0 Å². The van der Waals surface area contributed by atoms with Crippen molar-refractivity contribution in [1.29, 1.82) is 0 Å². The van der Waals surface area contributed by atoms with E-state index in [2.05, 4.69) is 5.32 Å². The van der Waals surface area contributed by atoms with E-state index in [-0.39, 0.29) is 13.2 Å². The van der Waals surface area contributed by atoms with E-state index in [9.17, 15) is 10.2 Å². The third-order valence-electron chi connectivity index (χ3n) is 2.94. The van der Waals surface area contributed by atoms with Gasteiger partial charge in [-0.15, -0.1) is 0 Å². The van der Waals surface area contributed by atoms with Crippen LogP contribution in [0, 0.1) is 5.41 Å². The van der Waals surface area contributed by atoms with Gasteiger partial charge in [0.2, 0.25) is 0 Å². The summed E-state index contributed by atoms with van der Waals surface area (Å²) in [6.07, 6.45) is 0. The van der Waals surface area contributed by atoms with Crippen LogP contribution in [0.25, 0.3) is 0 Å². The summed E-state index contributed by atoms with van der Waals surface area (Å²) >= 11 is 6.01. The minimum Gasteiger partial charge on any atom is -0.495 e. The van der Waals surface area contributed by atoms with Crippen molar-refractivity contribution in [2.75, 3.05) is 39.3 Å². The lowest BCUT2D eigenvalue weighted by Gasteiger charge is -2.26. The van der Waals surface area contributed by atoms with E-state index in [1.807, 2.05) is 0 Å². The van der Waals surface area contributed by atoms with Crippen LogP contribution in [-0.2, 0) is 0 Å². The third kappa shape index (κ3) is 3.89. The number of nitrogens with one attached hydrogen (secondary N) is 1. The predicted octanol–water partition coefficient (Wildman–Crippen LogP) is 1.76. The molecule has 0 aliphatic heterocycles. The molecule has 6 heteroatoms. The molecular formula is C13H20ClNO4. The van der Waals surface area contributed by atoms with Gasteiger partial charge in [0.25, 0.3) is 0 Å². The maximum absolute atomic E-state index is 9.26. The molecule has 0 saturated heterocycles. The second-order valence-electron chi connectivity index (χ2n) is 4.67. The van der Waals surface area contributed by atoms with Gasteiger partial charge in [-0.2, -0.15) is 0 Å². The molecule has 3 N–H and O–H groups in total. The van der Waals surface area contributed by atoms with E-state index >= 15 is 0 Å². The highest BCUT2D eigenvalue weighted by atomic mass is 35.5. The molecule has 0 radical (unpaired) electrons. The molecule has 19 heavy (non-hydrogen) atoms. The van der Waals surface area contributed by atoms with Gasteiger partial charge < -0.3 is 25.0 Å². The first-order valence-electron chi connectivity index (χ1n) is 5.87. The van der Waals surface area contributed by atoms with Crippen LogP contribution in [0.4, 0.5) is 5.69 Å². The fourth-order valence-corrected chi connectivity index (χ4v) is 1.70. The number of aliphatic hydroxyl groups excluding tert-OH is 2. The van der Waals surface area contributed by atoms with E-state index < -0.39 is 5.41 Å². The number of rotatable bonds is 7. The zero-order valence-electron chi connectivity index (χ0n) is 11.4. The fraction of sp³-hybridized carbons (Fsp3) is 0.538. The van der Waals surface area contributed by atoms with Crippen molar-refractivity contribution in [2.24, 2.45) is 5.41 Å². The monoisotopic (exact) mass is 289 g/mol. The predicted molar refractivity (Wildman–Crippen MR) is 75.3 cm³/mol. The number of hydrogen-bond acceptors (Lipinski definition) is 5. The largest absolute Gasteiger partial charge is 0.495 e. The second-order valence-corrected chi connectivity index (χ2v) is 5.07. The first-order valence-corrected chi connectivity index (χ1v) is 6.24. The summed E-state index contributed by atoms with van der Waals surface area (Å²) in [5.41, 5.74) is 0.0783. The number of halogens is 1. The molecule has 0 aliphatic carbocycles. The van der Waals surface area contributed by atoms with Gasteiger partial charge >= 0.3 is 0 Å². The molecule has 0 spiro atoms. The van der Waals surface area contributed by atoms with Crippen LogP contribution < -0.4 is 14.8 Å². The molecule has 0 saturated carbocycles. The molecular weight excluding hydrogens is 270 g/mol. The molecule has 5 nitrogen and oxygen atoms in total. The summed E-state index contributed by atoms with van der Waals surface area (Å²) in [4.78, 5) is 0. The zero-order chi connectivity index (χ0) is 14.5. The number of anilines is 1. The Labute approximate surface area is 118 Å². The van der Waals surface area contributed by atoms with Crippen molar-refractivity contribution in [3.63, 3.8) is 0 Å². The van der Waals surface area contributed by atoms with Crippen LogP contribution in [0.1, 0.15) is 6.92 Å². The number of hydrogen-bond donors (Lipinski definition) is 3. The Morgan fingerprint density at radius 2 is 1.74 bits per heavy atom. The summed E-state index contributed by atoms with van der Waals surface area (Å²) in [7, 11) is 3.07. The van der Waals surface area contributed by atoms with Crippen LogP contribution in [0.2, 0.25) is 5.02 Å². The molecule has 0 aromatic heterocycles.